The number of hydrogen-bond donors (Lipinski definition) is 1. The van der Waals surface area contributed by atoms with Crippen molar-refractivity contribution < 1.29 is 23.5 Å². The molecule has 2 aromatic carbocycles. The molecule has 0 radical (unpaired) electrons. The molecule has 0 aliphatic heterocycles. The summed E-state index contributed by atoms with van der Waals surface area (Å²) in [5, 5.41) is 7.40. The van der Waals surface area contributed by atoms with Crippen LogP contribution in [0.1, 0.15) is 12.3 Å². The number of benzene rings is 2. The lowest BCUT2D eigenvalue weighted by atomic mass is 10.2. The van der Waals surface area contributed by atoms with Gasteiger partial charge in [0.15, 0.2) is 11.5 Å². The zero-order valence-corrected chi connectivity index (χ0v) is 17.4. The third-order valence-corrected chi connectivity index (χ3v) is 4.38. The van der Waals surface area contributed by atoms with Crippen LogP contribution in [0.5, 0.6) is 11.5 Å². The van der Waals surface area contributed by atoms with E-state index >= 15 is 0 Å². The molecule has 0 aliphatic rings. The molecule has 0 unspecified atom stereocenters. The predicted octanol–water partition coefficient (Wildman–Crippen LogP) is 4.00. The van der Waals surface area contributed by atoms with Gasteiger partial charge in [0.25, 0.3) is 0 Å². The second-order valence-corrected chi connectivity index (χ2v) is 6.71. The molecule has 0 spiro atoms. The van der Waals surface area contributed by atoms with Crippen molar-refractivity contribution in [2.75, 3.05) is 32.8 Å². The maximum absolute atomic E-state index is 12.3. The van der Waals surface area contributed by atoms with Gasteiger partial charge in [0, 0.05) is 42.3 Å². The number of methoxy groups -OCH3 is 2. The van der Waals surface area contributed by atoms with E-state index in [0.29, 0.717) is 53.6 Å². The molecule has 1 N–H and O–H groups in total. The van der Waals surface area contributed by atoms with Crippen LogP contribution in [0.3, 0.4) is 0 Å². The van der Waals surface area contributed by atoms with E-state index in [1.54, 1.807) is 56.7 Å². The molecule has 0 bridgehead atoms. The maximum Gasteiger partial charge on any atom is 0.227 e. The fraction of sp³-hybridized carbons (Fsp3) is 0.286. The number of nitrogens with one attached hydrogen (secondary N) is 1. The topological polar surface area (TPSA) is 95.7 Å². The first-order valence-electron chi connectivity index (χ1n) is 9.27. The van der Waals surface area contributed by atoms with Gasteiger partial charge in [-0.2, -0.15) is 4.98 Å². The Hall–Kier alpha value is -3.10. The van der Waals surface area contributed by atoms with Crippen molar-refractivity contribution in [1.82, 2.24) is 10.1 Å². The molecule has 0 aliphatic carbocycles. The molecule has 3 aromatic rings. The van der Waals surface area contributed by atoms with Crippen LogP contribution in [0.2, 0.25) is 5.02 Å². The van der Waals surface area contributed by atoms with Crippen molar-refractivity contribution in [3.8, 4) is 22.9 Å². The van der Waals surface area contributed by atoms with Crippen molar-refractivity contribution in [3.63, 3.8) is 0 Å². The highest BCUT2D eigenvalue weighted by molar-refractivity contribution is 6.30. The molecule has 158 valence electrons. The first-order valence-corrected chi connectivity index (χ1v) is 9.65. The minimum absolute atomic E-state index is 0.186. The Bertz CT molecular complexity index is 975. The Labute approximate surface area is 179 Å². The largest absolute Gasteiger partial charge is 0.493 e. The van der Waals surface area contributed by atoms with Gasteiger partial charge in [-0.1, -0.05) is 16.8 Å². The van der Waals surface area contributed by atoms with Gasteiger partial charge >= 0.3 is 0 Å². The van der Waals surface area contributed by atoms with Crippen LogP contribution in [0, 0.1) is 0 Å². The summed E-state index contributed by atoms with van der Waals surface area (Å²) in [6, 6.07) is 12.3. The van der Waals surface area contributed by atoms with Gasteiger partial charge in [-0.25, -0.2) is 0 Å². The Morgan fingerprint density at radius 1 is 1.10 bits per heavy atom. The van der Waals surface area contributed by atoms with Crippen LogP contribution >= 0.6 is 11.6 Å². The van der Waals surface area contributed by atoms with Gasteiger partial charge in [-0.3, -0.25) is 4.79 Å². The van der Waals surface area contributed by atoms with E-state index in [9.17, 15) is 4.79 Å². The summed E-state index contributed by atoms with van der Waals surface area (Å²) in [5.74, 6) is 1.75. The molecule has 1 heterocycles. The average Bonchev–Trinajstić information content (AvgIpc) is 3.22. The number of anilines is 1. The quantitative estimate of drug-likeness (QED) is 0.485. The minimum Gasteiger partial charge on any atom is -0.493 e. The SMILES string of the molecule is COCCOc1cc(NC(=O)CCc2nc(-c3ccc(Cl)cc3)no2)ccc1OC. The van der Waals surface area contributed by atoms with Crippen molar-refractivity contribution in [2.24, 2.45) is 0 Å². The summed E-state index contributed by atoms with van der Waals surface area (Å²) in [6.07, 6.45) is 0.508. The van der Waals surface area contributed by atoms with E-state index in [2.05, 4.69) is 15.5 Å². The van der Waals surface area contributed by atoms with E-state index in [1.807, 2.05) is 0 Å². The predicted molar refractivity (Wildman–Crippen MR) is 112 cm³/mol. The van der Waals surface area contributed by atoms with E-state index in [4.69, 9.17) is 30.3 Å². The second kappa shape index (κ2) is 10.6. The van der Waals surface area contributed by atoms with Gasteiger partial charge in [0.05, 0.1) is 13.7 Å². The third kappa shape index (κ3) is 5.95. The molecule has 9 heteroatoms. The molecular weight excluding hydrogens is 410 g/mol. The number of carbonyl (C=O) groups excluding carboxylic acids is 1. The smallest absolute Gasteiger partial charge is 0.227 e. The fourth-order valence-corrected chi connectivity index (χ4v) is 2.74. The summed E-state index contributed by atoms with van der Waals surface area (Å²) in [4.78, 5) is 16.6. The zero-order chi connectivity index (χ0) is 21.3. The van der Waals surface area contributed by atoms with Crippen LogP contribution < -0.4 is 14.8 Å². The number of aromatic nitrogens is 2. The molecule has 0 saturated carbocycles. The van der Waals surface area contributed by atoms with Gasteiger partial charge < -0.3 is 24.1 Å². The Morgan fingerprint density at radius 2 is 1.90 bits per heavy atom. The highest BCUT2D eigenvalue weighted by atomic mass is 35.5. The Balaban J connectivity index is 1.55. The van der Waals surface area contributed by atoms with Gasteiger partial charge in [-0.15, -0.1) is 0 Å². The lowest BCUT2D eigenvalue weighted by Gasteiger charge is -2.12. The first-order chi connectivity index (χ1) is 14.6. The second-order valence-electron chi connectivity index (χ2n) is 6.27. The van der Waals surface area contributed by atoms with E-state index in [-0.39, 0.29) is 12.3 Å². The lowest BCUT2D eigenvalue weighted by molar-refractivity contribution is -0.116. The fourth-order valence-electron chi connectivity index (χ4n) is 2.62. The van der Waals surface area contributed by atoms with Crippen molar-refractivity contribution in [3.05, 3.63) is 53.4 Å². The van der Waals surface area contributed by atoms with Gasteiger partial charge in [-0.05, 0) is 36.4 Å². The van der Waals surface area contributed by atoms with Gasteiger partial charge in [0.1, 0.15) is 6.61 Å². The number of halogens is 1. The van der Waals surface area contributed by atoms with Crippen molar-refractivity contribution in [1.29, 1.82) is 0 Å². The van der Waals surface area contributed by atoms with Gasteiger partial charge in [0.2, 0.25) is 17.6 Å². The third-order valence-electron chi connectivity index (χ3n) is 4.13. The van der Waals surface area contributed by atoms with Crippen molar-refractivity contribution in [2.45, 2.75) is 12.8 Å². The molecule has 8 nitrogen and oxygen atoms in total. The number of ether oxygens (including phenoxy) is 3. The molecule has 0 fully saturated rings. The average molecular weight is 432 g/mol. The summed E-state index contributed by atoms with van der Waals surface area (Å²) >= 11 is 5.88. The van der Waals surface area contributed by atoms with E-state index in [0.717, 1.165) is 5.56 Å². The lowest BCUT2D eigenvalue weighted by Crippen LogP contribution is -2.13. The normalized spacial score (nSPS) is 10.6. The molecule has 0 atom stereocenters. The number of rotatable bonds is 10. The van der Waals surface area contributed by atoms with E-state index < -0.39 is 0 Å². The summed E-state index contributed by atoms with van der Waals surface area (Å²) in [6.45, 7) is 0.819. The molecular formula is C21H22ClN3O5. The minimum atomic E-state index is -0.186. The van der Waals surface area contributed by atoms with Crippen LogP contribution in [0.15, 0.2) is 47.0 Å². The number of hydrogen-bond acceptors (Lipinski definition) is 7. The van der Waals surface area contributed by atoms with Crippen LogP contribution in [-0.4, -0.2) is 43.5 Å². The summed E-state index contributed by atoms with van der Waals surface area (Å²) in [5.41, 5.74) is 1.39. The Morgan fingerprint density at radius 3 is 2.63 bits per heavy atom. The van der Waals surface area contributed by atoms with Crippen LogP contribution in [0.4, 0.5) is 5.69 Å². The number of nitrogens with zero attached hydrogens (tertiary/aromatic N) is 2. The highest BCUT2D eigenvalue weighted by Crippen LogP contribution is 2.30. The summed E-state index contributed by atoms with van der Waals surface area (Å²) < 4.78 is 21.1. The zero-order valence-electron chi connectivity index (χ0n) is 16.7. The number of aryl methyl sites for hydroxylation is 1. The molecule has 1 aromatic heterocycles. The molecule has 0 saturated heterocycles. The van der Waals surface area contributed by atoms with Crippen LogP contribution in [0.25, 0.3) is 11.4 Å². The van der Waals surface area contributed by atoms with Crippen LogP contribution in [-0.2, 0) is 16.0 Å². The molecule has 30 heavy (non-hydrogen) atoms. The number of amides is 1. The first kappa shape index (κ1) is 21.6. The van der Waals surface area contributed by atoms with Crippen molar-refractivity contribution >= 4 is 23.2 Å². The molecule has 1 amide bonds. The highest BCUT2D eigenvalue weighted by Gasteiger charge is 2.12. The molecule has 3 rings (SSSR count). The monoisotopic (exact) mass is 431 g/mol. The summed E-state index contributed by atoms with van der Waals surface area (Å²) in [7, 11) is 3.15. The Kier molecular flexibility index (Phi) is 7.64. The standard InChI is InChI=1S/C21H22ClN3O5/c1-27-11-12-29-18-13-16(7-8-17(18)28-2)23-19(26)9-10-20-24-21(25-30-20)14-3-5-15(22)6-4-14/h3-8,13H,9-12H2,1-2H3,(H,23,26). The maximum atomic E-state index is 12.3. The number of carbonyl (C=O) groups is 1. The van der Waals surface area contributed by atoms with E-state index in [1.165, 1.54) is 0 Å².